The molecule has 0 amide bonds. The fraction of sp³-hybridized carbons (Fsp3) is 0.167. The molecule has 0 spiro atoms. The summed E-state index contributed by atoms with van der Waals surface area (Å²) in [4.78, 5) is 0. The predicted octanol–water partition coefficient (Wildman–Crippen LogP) is 1.71. The summed E-state index contributed by atoms with van der Waals surface area (Å²) < 4.78 is 0. The smallest absolute Gasteiger partial charge is 0 e. The Bertz CT molecular complexity index is 108. The van der Waals surface area contributed by atoms with E-state index in [-0.39, 0.29) is 25.8 Å². The van der Waals surface area contributed by atoms with Gasteiger partial charge in [0, 0.05) is 25.8 Å². The number of hydrogen-bond donors (Lipinski definition) is 0. The molecule has 0 radical (unpaired) electrons. The molecular formula is C6H7Hf-. The fourth-order valence-electron chi connectivity index (χ4n) is 0.470. The molecule has 0 heterocycles. The van der Waals surface area contributed by atoms with Crippen LogP contribution in [0.5, 0.6) is 0 Å². The van der Waals surface area contributed by atoms with Gasteiger partial charge in [-0.1, -0.05) is 6.92 Å². The zero-order valence-corrected chi connectivity index (χ0v) is 7.90. The molecule has 0 aromatic heterocycles. The topological polar surface area (TPSA) is 0 Å². The van der Waals surface area contributed by atoms with E-state index in [1.54, 1.807) is 0 Å². The Labute approximate surface area is 62.7 Å². The van der Waals surface area contributed by atoms with Crippen molar-refractivity contribution in [1.82, 2.24) is 0 Å². The van der Waals surface area contributed by atoms with Crippen molar-refractivity contribution in [1.29, 1.82) is 0 Å². The van der Waals surface area contributed by atoms with E-state index in [0.29, 0.717) is 0 Å². The molecule has 0 fully saturated rings. The van der Waals surface area contributed by atoms with Crippen molar-refractivity contribution >= 4 is 0 Å². The van der Waals surface area contributed by atoms with Crippen molar-refractivity contribution in [2.24, 2.45) is 0 Å². The Morgan fingerprint density at radius 1 is 1.14 bits per heavy atom. The van der Waals surface area contributed by atoms with Gasteiger partial charge in [0.2, 0.25) is 0 Å². The summed E-state index contributed by atoms with van der Waals surface area (Å²) in [5, 5.41) is 0. The summed E-state index contributed by atoms with van der Waals surface area (Å²) in [7, 11) is 0. The van der Waals surface area contributed by atoms with Crippen LogP contribution in [0, 0.1) is 6.92 Å². The van der Waals surface area contributed by atoms with Crippen LogP contribution in [-0.4, -0.2) is 0 Å². The van der Waals surface area contributed by atoms with Crippen LogP contribution in [0.15, 0.2) is 24.3 Å². The van der Waals surface area contributed by atoms with E-state index in [1.165, 1.54) is 5.56 Å². The van der Waals surface area contributed by atoms with Gasteiger partial charge in [0.05, 0.1) is 0 Å². The third kappa shape index (κ3) is 2.13. The van der Waals surface area contributed by atoms with E-state index in [1.807, 2.05) is 12.1 Å². The first-order valence-corrected chi connectivity index (χ1v) is 2.08. The average Bonchev–Trinajstić information content (AvgIpc) is 1.86. The van der Waals surface area contributed by atoms with Gasteiger partial charge >= 0.3 is 0 Å². The molecule has 0 nitrogen and oxygen atoms in total. The molecule has 0 N–H and O–H groups in total. The minimum Gasteiger partial charge on any atom is -0.213 e. The molecule has 7 heavy (non-hydrogen) atoms. The van der Waals surface area contributed by atoms with Crippen LogP contribution in [0.4, 0.5) is 0 Å². The number of hydrogen-bond acceptors (Lipinski definition) is 0. The van der Waals surface area contributed by atoms with Gasteiger partial charge in [0.15, 0.2) is 0 Å². The van der Waals surface area contributed by atoms with Gasteiger partial charge < -0.3 is 0 Å². The van der Waals surface area contributed by atoms with Crippen LogP contribution in [0.1, 0.15) is 5.56 Å². The molecule has 0 saturated carbocycles. The summed E-state index contributed by atoms with van der Waals surface area (Å²) in [6, 6.07) is 8.24. The third-order valence-electron chi connectivity index (χ3n) is 0.829. The fourth-order valence-corrected chi connectivity index (χ4v) is 0.470. The minimum absolute atomic E-state index is 0. The summed E-state index contributed by atoms with van der Waals surface area (Å²) in [5.74, 6) is 0. The SMILES string of the molecule is C[c-]1cccc1.[Hf]. The molecule has 1 aromatic rings. The van der Waals surface area contributed by atoms with Crippen LogP contribution >= 0.6 is 0 Å². The standard InChI is InChI=1S/C6H7.Hf/c1-6-4-2-3-5-6;/h2-5H,1H3;/q-1;. The molecule has 0 unspecified atom stereocenters. The van der Waals surface area contributed by atoms with Crippen molar-refractivity contribution in [3.63, 3.8) is 0 Å². The molecule has 0 aliphatic rings. The normalized spacial score (nSPS) is 7.57. The zero-order chi connectivity index (χ0) is 4.41. The molecule has 0 aliphatic carbocycles. The van der Waals surface area contributed by atoms with Crippen molar-refractivity contribution in [3.05, 3.63) is 29.8 Å². The first-order chi connectivity index (χ1) is 2.89. The van der Waals surface area contributed by atoms with Crippen molar-refractivity contribution < 1.29 is 25.8 Å². The van der Waals surface area contributed by atoms with Crippen LogP contribution in [0.3, 0.4) is 0 Å². The van der Waals surface area contributed by atoms with Gasteiger partial charge in [-0.05, 0) is 0 Å². The van der Waals surface area contributed by atoms with Gasteiger partial charge in [-0.15, -0.1) is 0 Å². The molecular weight excluding hydrogens is 251 g/mol. The Kier molecular flexibility index (Phi) is 3.35. The van der Waals surface area contributed by atoms with Crippen molar-refractivity contribution in [2.75, 3.05) is 0 Å². The van der Waals surface area contributed by atoms with Gasteiger partial charge in [-0.2, -0.15) is 17.7 Å². The minimum atomic E-state index is 0. The third-order valence-corrected chi connectivity index (χ3v) is 0.829. The van der Waals surface area contributed by atoms with Crippen LogP contribution < -0.4 is 0 Å². The molecule has 1 rings (SSSR count). The maximum atomic E-state index is 2.08. The van der Waals surface area contributed by atoms with Gasteiger partial charge in [-0.3, -0.25) is 0 Å². The van der Waals surface area contributed by atoms with Crippen molar-refractivity contribution in [3.8, 4) is 0 Å². The molecule has 36 valence electrons. The Hall–Kier alpha value is 0.220. The number of aryl methyl sites for hydroxylation is 1. The van der Waals surface area contributed by atoms with Gasteiger partial charge in [0.1, 0.15) is 0 Å². The monoisotopic (exact) mass is 259 g/mol. The first kappa shape index (κ1) is 7.22. The largest absolute Gasteiger partial charge is 0.213 e. The van der Waals surface area contributed by atoms with E-state index < -0.39 is 0 Å². The van der Waals surface area contributed by atoms with E-state index in [2.05, 4.69) is 19.1 Å². The van der Waals surface area contributed by atoms with E-state index in [0.717, 1.165) is 0 Å². The van der Waals surface area contributed by atoms with Crippen LogP contribution in [0.2, 0.25) is 0 Å². The summed E-state index contributed by atoms with van der Waals surface area (Å²) in [6.45, 7) is 2.08. The number of rotatable bonds is 0. The second-order valence-corrected chi connectivity index (χ2v) is 1.46. The molecule has 0 saturated heterocycles. The maximum Gasteiger partial charge on any atom is 0 e. The quantitative estimate of drug-likeness (QED) is 0.490. The summed E-state index contributed by atoms with van der Waals surface area (Å²) in [5.41, 5.74) is 1.34. The molecule has 1 heteroatoms. The Morgan fingerprint density at radius 2 is 1.57 bits per heavy atom. The van der Waals surface area contributed by atoms with Crippen LogP contribution in [0.25, 0.3) is 0 Å². The average molecular weight is 258 g/mol. The van der Waals surface area contributed by atoms with Crippen molar-refractivity contribution in [2.45, 2.75) is 6.92 Å². The van der Waals surface area contributed by atoms with E-state index >= 15 is 0 Å². The Balaban J connectivity index is 0.000000360. The molecule has 1 aromatic carbocycles. The van der Waals surface area contributed by atoms with E-state index in [9.17, 15) is 0 Å². The summed E-state index contributed by atoms with van der Waals surface area (Å²) in [6.07, 6.45) is 0. The van der Waals surface area contributed by atoms with Crippen LogP contribution in [-0.2, 0) is 25.8 Å². The molecule has 0 atom stereocenters. The molecule has 0 aliphatic heterocycles. The zero-order valence-electron chi connectivity index (χ0n) is 4.31. The van der Waals surface area contributed by atoms with Gasteiger partial charge in [0.25, 0.3) is 0 Å². The van der Waals surface area contributed by atoms with Gasteiger partial charge in [-0.25, -0.2) is 12.1 Å². The second kappa shape index (κ2) is 3.25. The predicted molar refractivity (Wildman–Crippen MR) is 26.8 cm³/mol. The first-order valence-electron chi connectivity index (χ1n) is 2.08. The Morgan fingerprint density at radius 3 is 1.71 bits per heavy atom. The van der Waals surface area contributed by atoms with E-state index in [4.69, 9.17) is 0 Å². The molecule has 0 bridgehead atoms. The maximum absolute atomic E-state index is 2.08. The summed E-state index contributed by atoms with van der Waals surface area (Å²) >= 11 is 0. The second-order valence-electron chi connectivity index (χ2n) is 1.46.